The molecule has 2 aromatic carbocycles. The molecule has 3 nitrogen and oxygen atoms in total. The standard InChI is InChI=1S/C26H34NO2/c1-3-4-8-20-11-13-21(14-12-20)19-27(2)23-15-16-24(27)18-25(17-23)29-26(28)22-9-6-5-7-10-22/h5-7,9-14,23-25H,3-4,8,15-19H2,1-2H3/q+1. The minimum atomic E-state index is -0.172. The maximum atomic E-state index is 12.5. The van der Waals surface area contributed by atoms with Gasteiger partial charge in [-0.15, -0.1) is 0 Å². The van der Waals surface area contributed by atoms with Crippen LogP contribution in [0.1, 0.15) is 66.9 Å². The molecule has 2 aliphatic heterocycles. The topological polar surface area (TPSA) is 26.3 Å². The molecule has 2 heterocycles. The maximum Gasteiger partial charge on any atom is 0.338 e. The Morgan fingerprint density at radius 3 is 2.21 bits per heavy atom. The third-order valence-electron chi connectivity index (χ3n) is 7.22. The Hall–Kier alpha value is -2.13. The number of aryl methyl sites for hydroxylation is 1. The predicted octanol–water partition coefficient (Wildman–Crippen LogP) is 5.53. The third kappa shape index (κ3) is 4.40. The van der Waals surface area contributed by atoms with E-state index in [9.17, 15) is 4.79 Å². The molecule has 2 aromatic rings. The lowest BCUT2D eigenvalue weighted by molar-refractivity contribution is -0.961. The van der Waals surface area contributed by atoms with Crippen LogP contribution in [0.5, 0.6) is 0 Å². The zero-order valence-electron chi connectivity index (χ0n) is 17.8. The molecule has 0 spiro atoms. The van der Waals surface area contributed by atoms with Crippen LogP contribution in [0, 0.1) is 0 Å². The van der Waals surface area contributed by atoms with E-state index in [0.717, 1.165) is 23.9 Å². The number of piperidine rings is 1. The van der Waals surface area contributed by atoms with E-state index in [4.69, 9.17) is 4.74 Å². The van der Waals surface area contributed by atoms with Crippen molar-refractivity contribution in [2.24, 2.45) is 0 Å². The second-order valence-corrected chi connectivity index (χ2v) is 9.17. The first kappa shape index (κ1) is 20.2. The molecule has 2 atom stereocenters. The molecule has 2 fully saturated rings. The fraction of sp³-hybridized carbons (Fsp3) is 0.500. The molecular formula is C26H34NO2+. The molecule has 0 N–H and O–H groups in total. The highest BCUT2D eigenvalue weighted by atomic mass is 16.5. The minimum Gasteiger partial charge on any atom is -0.458 e. The highest BCUT2D eigenvalue weighted by Crippen LogP contribution is 2.43. The molecule has 154 valence electrons. The summed E-state index contributed by atoms with van der Waals surface area (Å²) in [4.78, 5) is 12.5. The zero-order chi connectivity index (χ0) is 20.3. The Morgan fingerprint density at radius 1 is 0.966 bits per heavy atom. The summed E-state index contributed by atoms with van der Waals surface area (Å²) in [6.07, 6.45) is 8.21. The second kappa shape index (κ2) is 8.71. The lowest BCUT2D eigenvalue weighted by Crippen LogP contribution is -2.58. The van der Waals surface area contributed by atoms with Crippen molar-refractivity contribution < 1.29 is 14.0 Å². The van der Waals surface area contributed by atoms with Crippen LogP contribution in [0.3, 0.4) is 0 Å². The number of carbonyl (C=O) groups excluding carboxylic acids is 1. The fourth-order valence-corrected chi connectivity index (χ4v) is 5.43. The van der Waals surface area contributed by atoms with E-state index >= 15 is 0 Å². The van der Waals surface area contributed by atoms with Gasteiger partial charge in [0, 0.05) is 31.2 Å². The minimum absolute atomic E-state index is 0.0582. The summed E-state index contributed by atoms with van der Waals surface area (Å²) < 4.78 is 7.01. The van der Waals surface area contributed by atoms with Crippen LogP contribution in [0.25, 0.3) is 0 Å². The van der Waals surface area contributed by atoms with E-state index in [1.807, 2.05) is 30.3 Å². The number of esters is 1. The number of rotatable bonds is 7. The quantitative estimate of drug-likeness (QED) is 0.458. The van der Waals surface area contributed by atoms with E-state index in [2.05, 4.69) is 38.2 Å². The maximum absolute atomic E-state index is 12.5. The SMILES string of the molecule is CCCCc1ccc(C[N+]2(C)C3CCC2CC(OC(=O)c2ccccc2)C3)cc1. The van der Waals surface area contributed by atoms with Crippen molar-refractivity contribution in [2.75, 3.05) is 7.05 Å². The van der Waals surface area contributed by atoms with Crippen LogP contribution < -0.4 is 0 Å². The number of hydrogen-bond donors (Lipinski definition) is 0. The summed E-state index contributed by atoms with van der Waals surface area (Å²) in [5.74, 6) is -0.172. The largest absolute Gasteiger partial charge is 0.458 e. The number of carbonyl (C=O) groups is 1. The highest BCUT2D eigenvalue weighted by molar-refractivity contribution is 5.89. The predicted molar refractivity (Wildman–Crippen MR) is 117 cm³/mol. The number of nitrogens with zero attached hydrogens (tertiary/aromatic N) is 1. The summed E-state index contributed by atoms with van der Waals surface area (Å²) in [6, 6.07) is 19.8. The third-order valence-corrected chi connectivity index (χ3v) is 7.22. The van der Waals surface area contributed by atoms with Crippen molar-refractivity contribution in [1.29, 1.82) is 0 Å². The van der Waals surface area contributed by atoms with Gasteiger partial charge >= 0.3 is 5.97 Å². The average Bonchev–Trinajstić information content (AvgIpc) is 2.91. The zero-order valence-corrected chi connectivity index (χ0v) is 17.8. The van der Waals surface area contributed by atoms with Crippen molar-refractivity contribution in [1.82, 2.24) is 0 Å². The van der Waals surface area contributed by atoms with Crippen LogP contribution in [-0.2, 0) is 17.7 Å². The number of quaternary nitrogens is 1. The first-order valence-electron chi connectivity index (χ1n) is 11.3. The summed E-state index contributed by atoms with van der Waals surface area (Å²) in [6.45, 7) is 3.33. The first-order chi connectivity index (χ1) is 14.1. The monoisotopic (exact) mass is 392 g/mol. The van der Waals surface area contributed by atoms with Crippen LogP contribution in [0.4, 0.5) is 0 Å². The molecule has 0 aliphatic carbocycles. The van der Waals surface area contributed by atoms with Gasteiger partial charge in [-0.25, -0.2) is 4.79 Å². The van der Waals surface area contributed by atoms with Crippen LogP contribution in [0.15, 0.2) is 54.6 Å². The van der Waals surface area contributed by atoms with Gasteiger partial charge in [0.05, 0.1) is 24.7 Å². The highest BCUT2D eigenvalue weighted by Gasteiger charge is 2.52. The number of unbranched alkanes of at least 4 members (excludes halogenated alkanes) is 1. The van der Waals surface area contributed by atoms with Gasteiger partial charge in [0.2, 0.25) is 0 Å². The summed E-state index contributed by atoms with van der Waals surface area (Å²) >= 11 is 0. The molecule has 0 radical (unpaired) electrons. The number of hydrogen-bond acceptors (Lipinski definition) is 2. The van der Waals surface area contributed by atoms with Crippen LogP contribution in [0.2, 0.25) is 0 Å². The molecule has 2 aliphatic rings. The van der Waals surface area contributed by atoms with E-state index in [0.29, 0.717) is 17.6 Å². The molecule has 4 rings (SSSR count). The Balaban J connectivity index is 1.38. The Labute approximate surface area is 175 Å². The Bertz CT molecular complexity index is 800. The number of benzene rings is 2. The normalized spacial score (nSPS) is 28.3. The van der Waals surface area contributed by atoms with Gasteiger partial charge in [-0.3, -0.25) is 0 Å². The molecule has 2 saturated heterocycles. The van der Waals surface area contributed by atoms with Crippen LogP contribution >= 0.6 is 0 Å². The summed E-state index contributed by atoms with van der Waals surface area (Å²) in [7, 11) is 2.42. The smallest absolute Gasteiger partial charge is 0.338 e. The molecule has 2 unspecified atom stereocenters. The average molecular weight is 393 g/mol. The van der Waals surface area contributed by atoms with Gasteiger partial charge in [-0.05, 0) is 30.5 Å². The fourth-order valence-electron chi connectivity index (χ4n) is 5.43. The number of ether oxygens (including phenoxy) is 1. The van der Waals surface area contributed by atoms with E-state index in [1.165, 1.54) is 43.2 Å². The Morgan fingerprint density at radius 2 is 1.59 bits per heavy atom. The first-order valence-corrected chi connectivity index (χ1v) is 11.3. The van der Waals surface area contributed by atoms with E-state index in [1.54, 1.807) is 0 Å². The molecule has 2 bridgehead atoms. The van der Waals surface area contributed by atoms with Crippen molar-refractivity contribution in [3.63, 3.8) is 0 Å². The number of fused-ring (bicyclic) bond motifs is 2. The van der Waals surface area contributed by atoms with Gasteiger partial charge in [0.1, 0.15) is 12.6 Å². The molecule has 3 heteroatoms. The van der Waals surface area contributed by atoms with Gasteiger partial charge in [0.15, 0.2) is 0 Å². The second-order valence-electron chi connectivity index (χ2n) is 9.17. The van der Waals surface area contributed by atoms with Gasteiger partial charge < -0.3 is 9.22 Å². The summed E-state index contributed by atoms with van der Waals surface area (Å²) in [5.41, 5.74) is 3.54. The molecule has 0 amide bonds. The van der Waals surface area contributed by atoms with Gasteiger partial charge in [0.25, 0.3) is 0 Å². The van der Waals surface area contributed by atoms with Crippen molar-refractivity contribution in [2.45, 2.75) is 76.6 Å². The van der Waals surface area contributed by atoms with Crippen molar-refractivity contribution in [3.05, 3.63) is 71.3 Å². The van der Waals surface area contributed by atoms with Gasteiger partial charge in [-0.1, -0.05) is 55.8 Å². The van der Waals surface area contributed by atoms with E-state index in [-0.39, 0.29) is 12.1 Å². The van der Waals surface area contributed by atoms with Crippen LogP contribution in [-0.4, -0.2) is 35.7 Å². The van der Waals surface area contributed by atoms with E-state index < -0.39 is 0 Å². The Kier molecular flexibility index (Phi) is 6.05. The molecular weight excluding hydrogens is 358 g/mol. The lowest BCUT2D eigenvalue weighted by atomic mass is 9.95. The molecule has 0 saturated carbocycles. The lowest BCUT2D eigenvalue weighted by Gasteiger charge is -2.47. The molecule has 0 aromatic heterocycles. The molecule has 29 heavy (non-hydrogen) atoms. The summed E-state index contributed by atoms with van der Waals surface area (Å²) in [5, 5.41) is 0. The van der Waals surface area contributed by atoms with Crippen molar-refractivity contribution >= 4 is 5.97 Å². The van der Waals surface area contributed by atoms with Crippen molar-refractivity contribution in [3.8, 4) is 0 Å². The van der Waals surface area contributed by atoms with Gasteiger partial charge in [-0.2, -0.15) is 0 Å².